The summed E-state index contributed by atoms with van der Waals surface area (Å²) in [7, 11) is 0. The summed E-state index contributed by atoms with van der Waals surface area (Å²) in [5, 5.41) is 1.09. The van der Waals surface area contributed by atoms with Gasteiger partial charge in [-0.1, -0.05) is 69.2 Å². The number of fused-ring (bicyclic) bond motifs is 3. The molecule has 2 aromatic carbocycles. The fraction of sp³-hybridized carbons (Fsp3) is 0.385. The molecule has 0 fully saturated rings. The van der Waals surface area contributed by atoms with E-state index in [1.54, 1.807) is 0 Å². The number of unbranched alkanes of at least 4 members (excludes halogenated alkanes) is 2. The van der Waals surface area contributed by atoms with Gasteiger partial charge in [0.05, 0.1) is 11.0 Å². The number of rotatable bonds is 7. The molecule has 164 valence electrons. The van der Waals surface area contributed by atoms with E-state index >= 15 is 0 Å². The molecule has 0 saturated carbocycles. The number of benzene rings is 2. The van der Waals surface area contributed by atoms with Crippen molar-refractivity contribution in [3.63, 3.8) is 0 Å². The smallest absolute Gasteiger partial charge is 0.152 e. The zero-order valence-corrected chi connectivity index (χ0v) is 19.8. The van der Waals surface area contributed by atoms with Gasteiger partial charge in [0, 0.05) is 11.9 Å². The van der Waals surface area contributed by atoms with Crippen LogP contribution in [0.4, 0.5) is 5.82 Å². The van der Waals surface area contributed by atoms with Gasteiger partial charge >= 0.3 is 0 Å². The molecule has 0 unspecified atom stereocenters. The van der Waals surface area contributed by atoms with Crippen molar-refractivity contribution in [2.45, 2.75) is 59.4 Å². The second-order valence-corrected chi connectivity index (χ2v) is 8.47. The highest BCUT2D eigenvalue weighted by molar-refractivity contribution is 7.80. The van der Waals surface area contributed by atoms with Crippen LogP contribution in [-0.4, -0.2) is 20.3 Å². The van der Waals surface area contributed by atoms with Crippen LogP contribution in [0.25, 0.3) is 21.9 Å². The van der Waals surface area contributed by atoms with E-state index in [1.807, 2.05) is 25.1 Å². The molecule has 0 radical (unpaired) electrons. The maximum atomic E-state index is 6.21. The summed E-state index contributed by atoms with van der Waals surface area (Å²) in [4.78, 5) is 9.24. The van der Waals surface area contributed by atoms with Crippen LogP contribution in [0.3, 0.4) is 0 Å². The standard InChI is InChI=1S/C23H26N4S.C3H8/c1-16-25-21-22(19-11-4-5-12-20(19)26-23(21)24)27(16)15-18-10-7-9-17(14-18)8-3-2-6-13-28;1-3-2/h4-5,7,9-12,14,28H,2-3,6,8,13,15H2,1H3,(H2,24,26);3H2,1-2H3. The summed E-state index contributed by atoms with van der Waals surface area (Å²) >= 11 is 4.30. The van der Waals surface area contributed by atoms with E-state index in [1.165, 1.54) is 36.8 Å². The molecule has 5 heteroatoms. The Kier molecular flexibility index (Phi) is 8.35. The lowest BCUT2D eigenvalue weighted by molar-refractivity contribution is 0.721. The van der Waals surface area contributed by atoms with Gasteiger partial charge in [-0.25, -0.2) is 9.97 Å². The topological polar surface area (TPSA) is 56.7 Å². The van der Waals surface area contributed by atoms with E-state index in [-0.39, 0.29) is 0 Å². The SMILES string of the molecule is CCC.Cc1nc2c(N)nc3ccccc3c2n1Cc1cccc(CCCCCS)c1. The maximum Gasteiger partial charge on any atom is 0.152 e. The number of nitrogens with zero attached hydrogens (tertiary/aromatic N) is 3. The van der Waals surface area contributed by atoms with Crippen LogP contribution < -0.4 is 5.73 Å². The lowest BCUT2D eigenvalue weighted by atomic mass is 10.0. The fourth-order valence-corrected chi connectivity index (χ4v) is 4.07. The Bertz CT molecular complexity index is 1130. The number of imidazole rings is 1. The molecule has 2 heterocycles. The molecule has 0 atom stereocenters. The van der Waals surface area contributed by atoms with Crippen molar-refractivity contribution < 1.29 is 0 Å². The molecule has 4 aromatic rings. The molecule has 31 heavy (non-hydrogen) atoms. The van der Waals surface area contributed by atoms with E-state index < -0.39 is 0 Å². The third-order valence-electron chi connectivity index (χ3n) is 5.26. The average molecular weight is 435 g/mol. The van der Waals surface area contributed by atoms with Crippen LogP contribution >= 0.6 is 12.6 Å². The van der Waals surface area contributed by atoms with Gasteiger partial charge in [-0.2, -0.15) is 12.6 Å². The number of thiol groups is 1. The first-order valence-electron chi connectivity index (χ1n) is 11.3. The van der Waals surface area contributed by atoms with Crippen molar-refractivity contribution in [3.05, 3.63) is 65.5 Å². The average Bonchev–Trinajstić information content (AvgIpc) is 3.09. The van der Waals surface area contributed by atoms with Gasteiger partial charge in [0.1, 0.15) is 11.3 Å². The van der Waals surface area contributed by atoms with E-state index in [0.717, 1.165) is 46.5 Å². The Hall–Kier alpha value is -2.53. The first kappa shape index (κ1) is 23.1. The molecule has 0 aliphatic carbocycles. The first-order valence-corrected chi connectivity index (χ1v) is 11.9. The molecule has 4 rings (SSSR count). The number of hydrogen-bond acceptors (Lipinski definition) is 4. The van der Waals surface area contributed by atoms with Crippen LogP contribution in [0.1, 0.15) is 56.5 Å². The molecule has 4 nitrogen and oxygen atoms in total. The minimum atomic E-state index is 0.494. The molecule has 2 aromatic heterocycles. The van der Waals surface area contributed by atoms with Crippen LogP contribution in [-0.2, 0) is 13.0 Å². The van der Waals surface area contributed by atoms with Gasteiger partial charge in [0.15, 0.2) is 5.82 Å². The number of aromatic nitrogens is 3. The Balaban J connectivity index is 0.000000858. The molecule has 2 N–H and O–H groups in total. The lowest BCUT2D eigenvalue weighted by Crippen LogP contribution is -2.03. The molecule has 0 saturated heterocycles. The monoisotopic (exact) mass is 434 g/mol. The number of nitrogens with two attached hydrogens (primary N) is 1. The van der Waals surface area contributed by atoms with Crippen molar-refractivity contribution in [2.75, 3.05) is 11.5 Å². The van der Waals surface area contributed by atoms with Gasteiger partial charge < -0.3 is 10.3 Å². The maximum absolute atomic E-state index is 6.21. The minimum Gasteiger partial charge on any atom is -0.382 e. The van der Waals surface area contributed by atoms with E-state index in [4.69, 9.17) is 10.7 Å². The molecule has 0 bridgehead atoms. The van der Waals surface area contributed by atoms with Gasteiger partial charge in [-0.15, -0.1) is 0 Å². The highest BCUT2D eigenvalue weighted by Gasteiger charge is 2.15. The molecular formula is C26H34N4S. The summed E-state index contributed by atoms with van der Waals surface area (Å²) in [5.41, 5.74) is 11.7. The summed E-state index contributed by atoms with van der Waals surface area (Å²) < 4.78 is 2.26. The zero-order valence-electron chi connectivity index (χ0n) is 18.9. The molecule has 0 spiro atoms. The van der Waals surface area contributed by atoms with Gasteiger partial charge in [-0.05, 0) is 49.1 Å². The predicted octanol–water partition coefficient (Wildman–Crippen LogP) is 6.58. The highest BCUT2D eigenvalue weighted by Crippen LogP contribution is 2.29. The number of hydrogen-bond donors (Lipinski definition) is 2. The fourth-order valence-electron chi connectivity index (χ4n) is 3.85. The number of aryl methyl sites for hydroxylation is 2. The van der Waals surface area contributed by atoms with Crippen molar-refractivity contribution in [3.8, 4) is 0 Å². The Morgan fingerprint density at radius 2 is 1.68 bits per heavy atom. The van der Waals surface area contributed by atoms with Crippen LogP contribution in [0.2, 0.25) is 0 Å². The number of para-hydroxylation sites is 1. The van der Waals surface area contributed by atoms with Gasteiger partial charge in [0.25, 0.3) is 0 Å². The number of anilines is 1. The van der Waals surface area contributed by atoms with Gasteiger partial charge in [-0.3, -0.25) is 0 Å². The summed E-state index contributed by atoms with van der Waals surface area (Å²) in [6, 6.07) is 17.0. The van der Waals surface area contributed by atoms with Crippen molar-refractivity contribution >= 4 is 40.4 Å². The van der Waals surface area contributed by atoms with Crippen molar-refractivity contribution in [1.82, 2.24) is 14.5 Å². The normalized spacial score (nSPS) is 11.0. The Morgan fingerprint density at radius 3 is 2.45 bits per heavy atom. The highest BCUT2D eigenvalue weighted by atomic mass is 32.1. The Morgan fingerprint density at radius 1 is 0.935 bits per heavy atom. The third kappa shape index (κ3) is 5.59. The van der Waals surface area contributed by atoms with Crippen LogP contribution in [0.5, 0.6) is 0 Å². The second-order valence-electron chi connectivity index (χ2n) is 8.02. The number of pyridine rings is 1. The van der Waals surface area contributed by atoms with Crippen LogP contribution in [0.15, 0.2) is 48.5 Å². The lowest BCUT2D eigenvalue weighted by Gasteiger charge is -2.11. The predicted molar refractivity (Wildman–Crippen MR) is 137 cm³/mol. The molecule has 0 aliphatic heterocycles. The molecular weight excluding hydrogens is 400 g/mol. The molecule has 0 amide bonds. The quantitative estimate of drug-likeness (QED) is 0.255. The molecule has 0 aliphatic rings. The largest absolute Gasteiger partial charge is 0.382 e. The summed E-state index contributed by atoms with van der Waals surface area (Å²) in [5.74, 6) is 2.42. The van der Waals surface area contributed by atoms with Crippen molar-refractivity contribution in [1.29, 1.82) is 0 Å². The zero-order chi connectivity index (χ0) is 22.2. The Labute approximate surface area is 191 Å². The first-order chi connectivity index (χ1) is 15.1. The third-order valence-corrected chi connectivity index (χ3v) is 5.57. The van der Waals surface area contributed by atoms with E-state index in [9.17, 15) is 0 Å². The van der Waals surface area contributed by atoms with Gasteiger partial charge in [0.2, 0.25) is 0 Å². The second kappa shape index (κ2) is 11.2. The van der Waals surface area contributed by atoms with E-state index in [0.29, 0.717) is 5.82 Å². The van der Waals surface area contributed by atoms with Crippen LogP contribution in [0, 0.1) is 6.92 Å². The van der Waals surface area contributed by atoms with Crippen molar-refractivity contribution in [2.24, 2.45) is 0 Å². The number of nitrogen functional groups attached to an aromatic ring is 1. The summed E-state index contributed by atoms with van der Waals surface area (Å²) in [6.45, 7) is 7.07. The van der Waals surface area contributed by atoms with E-state index in [2.05, 4.69) is 66.4 Å². The minimum absolute atomic E-state index is 0.494. The summed E-state index contributed by atoms with van der Waals surface area (Å²) in [6.07, 6.45) is 6.00.